The number of aryl methyl sites for hydroxylation is 2. The van der Waals surface area contributed by atoms with E-state index in [-0.39, 0.29) is 16.9 Å². The minimum absolute atomic E-state index is 0.0250. The molecule has 1 aromatic carbocycles. The van der Waals surface area contributed by atoms with Gasteiger partial charge in [-0.1, -0.05) is 25.0 Å². The number of nitrogens with zero attached hydrogens (tertiary/aromatic N) is 2. The van der Waals surface area contributed by atoms with Gasteiger partial charge in [-0.15, -0.1) is 11.3 Å². The molecule has 34 heavy (non-hydrogen) atoms. The van der Waals surface area contributed by atoms with E-state index in [1.807, 2.05) is 0 Å². The third kappa shape index (κ3) is 5.21. The van der Waals surface area contributed by atoms with Crippen molar-refractivity contribution in [2.75, 3.05) is 31.6 Å². The molecule has 8 nitrogen and oxygen atoms in total. The number of thiazole rings is 1. The van der Waals surface area contributed by atoms with Crippen LogP contribution >= 0.6 is 11.3 Å². The number of anilines is 1. The number of morpholine rings is 1. The van der Waals surface area contributed by atoms with Crippen LogP contribution in [-0.2, 0) is 37.1 Å². The molecule has 0 spiro atoms. The Labute approximate surface area is 204 Å². The molecule has 2 fully saturated rings. The summed E-state index contributed by atoms with van der Waals surface area (Å²) in [6, 6.07) is 6.53. The molecule has 3 aliphatic rings. The number of carbonyl (C=O) groups excluding carboxylic acids is 1. The van der Waals surface area contributed by atoms with E-state index in [2.05, 4.69) is 10.3 Å². The van der Waals surface area contributed by atoms with Crippen LogP contribution in [0.5, 0.6) is 0 Å². The molecule has 1 N–H and O–H groups in total. The molecule has 184 valence electrons. The minimum Gasteiger partial charge on any atom is -0.379 e. The molecule has 1 atom stereocenters. The molecule has 5 rings (SSSR count). The summed E-state index contributed by atoms with van der Waals surface area (Å²) >= 11 is 1.55. The summed E-state index contributed by atoms with van der Waals surface area (Å²) in [4.78, 5) is 19.4. The monoisotopic (exact) mass is 505 g/mol. The largest absolute Gasteiger partial charge is 0.379 e. The van der Waals surface area contributed by atoms with Crippen molar-refractivity contribution in [1.29, 1.82) is 0 Å². The zero-order chi connectivity index (χ0) is 23.5. The molecule has 0 radical (unpaired) electrons. The molecule has 0 bridgehead atoms. The predicted octanol–water partition coefficient (Wildman–Crippen LogP) is 3.68. The molecule has 1 saturated heterocycles. The van der Waals surface area contributed by atoms with Crippen molar-refractivity contribution >= 4 is 32.4 Å². The maximum Gasteiger partial charge on any atom is 0.259 e. The van der Waals surface area contributed by atoms with Gasteiger partial charge in [-0.2, -0.15) is 4.31 Å². The second-order valence-electron chi connectivity index (χ2n) is 9.09. The van der Waals surface area contributed by atoms with Crippen LogP contribution in [0.4, 0.5) is 5.13 Å². The topological polar surface area (TPSA) is 97.8 Å². The Balaban J connectivity index is 1.35. The Morgan fingerprint density at radius 3 is 2.50 bits per heavy atom. The molecule has 10 heteroatoms. The summed E-state index contributed by atoms with van der Waals surface area (Å²) in [5.74, 6) is -0.262. The van der Waals surface area contributed by atoms with Gasteiger partial charge in [0.05, 0.1) is 29.9 Å². The summed E-state index contributed by atoms with van der Waals surface area (Å²) < 4.78 is 38.9. The normalized spacial score (nSPS) is 20.7. The lowest BCUT2D eigenvalue weighted by Gasteiger charge is -2.26. The molecule has 1 unspecified atom stereocenters. The van der Waals surface area contributed by atoms with Gasteiger partial charge in [0.1, 0.15) is 0 Å². The number of ether oxygens (including phenoxy) is 2. The molecule has 1 aliphatic heterocycles. The first-order valence-corrected chi connectivity index (χ1v) is 14.4. The van der Waals surface area contributed by atoms with Gasteiger partial charge in [-0.3, -0.25) is 10.1 Å². The standard InChI is InChI=1S/C24H31N3O5S2/c28-23(26-24-25-20-7-3-4-8-21(20)33-24)22(32-18-5-1-2-6-18)17-9-11-19(12-10-17)34(29,30)27-13-15-31-16-14-27/h9-12,18,22H,1-8,13-16H2,(H,25,26,28). The quantitative estimate of drug-likeness (QED) is 0.617. The number of hydrogen-bond acceptors (Lipinski definition) is 7. The Hall–Kier alpha value is -1.85. The Morgan fingerprint density at radius 1 is 1.09 bits per heavy atom. The number of benzene rings is 1. The average molecular weight is 506 g/mol. The van der Waals surface area contributed by atoms with Gasteiger partial charge in [-0.05, 0) is 56.2 Å². The smallest absolute Gasteiger partial charge is 0.259 e. The van der Waals surface area contributed by atoms with Crippen molar-refractivity contribution < 1.29 is 22.7 Å². The number of hydrogen-bond donors (Lipinski definition) is 1. The summed E-state index contributed by atoms with van der Waals surface area (Å²) in [6.45, 7) is 1.49. The van der Waals surface area contributed by atoms with E-state index in [0.717, 1.165) is 57.1 Å². The fourth-order valence-electron chi connectivity index (χ4n) is 4.84. The maximum atomic E-state index is 13.3. The molecule has 2 heterocycles. The average Bonchev–Trinajstić information content (AvgIpc) is 3.52. The van der Waals surface area contributed by atoms with E-state index in [4.69, 9.17) is 9.47 Å². The summed E-state index contributed by atoms with van der Waals surface area (Å²) in [6.07, 6.45) is 7.53. The van der Waals surface area contributed by atoms with Crippen molar-refractivity contribution in [3.63, 3.8) is 0 Å². The summed E-state index contributed by atoms with van der Waals surface area (Å²) in [7, 11) is -3.59. The highest BCUT2D eigenvalue weighted by molar-refractivity contribution is 7.89. The van der Waals surface area contributed by atoms with Crippen molar-refractivity contribution in [3.8, 4) is 0 Å². The molecular weight excluding hydrogens is 474 g/mol. The van der Waals surface area contributed by atoms with Gasteiger partial charge >= 0.3 is 0 Å². The first kappa shape index (κ1) is 23.9. The first-order chi connectivity index (χ1) is 16.5. The van der Waals surface area contributed by atoms with E-state index >= 15 is 0 Å². The van der Waals surface area contributed by atoms with E-state index in [1.54, 1.807) is 35.6 Å². The molecule has 1 amide bonds. The van der Waals surface area contributed by atoms with Crippen LogP contribution in [0.2, 0.25) is 0 Å². The lowest BCUT2D eigenvalue weighted by Crippen LogP contribution is -2.40. The van der Waals surface area contributed by atoms with E-state index < -0.39 is 16.1 Å². The second kappa shape index (κ2) is 10.4. The van der Waals surface area contributed by atoms with Crippen LogP contribution in [0, 0.1) is 0 Å². The molecular formula is C24H31N3O5S2. The van der Waals surface area contributed by atoms with Crippen LogP contribution in [0.25, 0.3) is 0 Å². The number of aromatic nitrogens is 1. The first-order valence-electron chi connectivity index (χ1n) is 12.1. The van der Waals surface area contributed by atoms with E-state index in [9.17, 15) is 13.2 Å². The Bertz CT molecular complexity index is 1080. The lowest BCUT2D eigenvalue weighted by atomic mass is 10.0. The fraction of sp³-hybridized carbons (Fsp3) is 0.583. The fourth-order valence-corrected chi connectivity index (χ4v) is 7.30. The molecule has 2 aliphatic carbocycles. The number of carbonyl (C=O) groups is 1. The van der Waals surface area contributed by atoms with Crippen LogP contribution in [0.1, 0.15) is 60.8 Å². The lowest BCUT2D eigenvalue weighted by molar-refractivity contribution is -0.131. The highest BCUT2D eigenvalue weighted by Gasteiger charge is 2.30. The van der Waals surface area contributed by atoms with Crippen molar-refractivity contribution in [2.24, 2.45) is 0 Å². The third-order valence-corrected chi connectivity index (χ3v) is 9.72. The van der Waals surface area contributed by atoms with Crippen LogP contribution in [0.3, 0.4) is 0 Å². The Morgan fingerprint density at radius 2 is 1.79 bits per heavy atom. The number of fused-ring (bicyclic) bond motifs is 1. The zero-order valence-corrected chi connectivity index (χ0v) is 20.8. The highest BCUT2D eigenvalue weighted by Crippen LogP contribution is 2.33. The maximum absolute atomic E-state index is 13.3. The molecule has 2 aromatic rings. The van der Waals surface area contributed by atoms with Crippen LogP contribution in [-0.4, -0.2) is 56.0 Å². The number of nitrogens with one attached hydrogen (secondary N) is 1. The van der Waals surface area contributed by atoms with Gasteiger partial charge in [0.2, 0.25) is 10.0 Å². The summed E-state index contributed by atoms with van der Waals surface area (Å²) in [5.41, 5.74) is 1.74. The van der Waals surface area contributed by atoms with Crippen molar-refractivity contribution in [1.82, 2.24) is 9.29 Å². The van der Waals surface area contributed by atoms with Crippen LogP contribution < -0.4 is 5.32 Å². The number of sulfonamides is 1. The zero-order valence-electron chi connectivity index (χ0n) is 19.2. The molecule has 1 saturated carbocycles. The van der Waals surface area contributed by atoms with Gasteiger partial charge < -0.3 is 9.47 Å². The van der Waals surface area contributed by atoms with Crippen molar-refractivity contribution in [3.05, 3.63) is 40.4 Å². The highest BCUT2D eigenvalue weighted by atomic mass is 32.2. The number of amides is 1. The second-order valence-corrected chi connectivity index (χ2v) is 12.1. The van der Waals surface area contributed by atoms with Crippen molar-refractivity contribution in [2.45, 2.75) is 68.5 Å². The van der Waals surface area contributed by atoms with Crippen LogP contribution in [0.15, 0.2) is 29.2 Å². The number of rotatable bonds is 7. The van der Waals surface area contributed by atoms with Gasteiger partial charge in [0, 0.05) is 18.0 Å². The van der Waals surface area contributed by atoms with E-state index in [0.29, 0.717) is 37.0 Å². The van der Waals surface area contributed by atoms with Gasteiger partial charge in [0.25, 0.3) is 5.91 Å². The SMILES string of the molecule is O=C(Nc1nc2c(s1)CCCC2)C(OC1CCCC1)c1ccc(S(=O)(=O)N2CCOCC2)cc1. The Kier molecular flexibility index (Phi) is 7.31. The minimum atomic E-state index is -3.59. The summed E-state index contributed by atoms with van der Waals surface area (Å²) in [5, 5.41) is 3.59. The van der Waals surface area contributed by atoms with Gasteiger partial charge in [0.15, 0.2) is 11.2 Å². The van der Waals surface area contributed by atoms with E-state index in [1.165, 1.54) is 9.18 Å². The van der Waals surface area contributed by atoms with Gasteiger partial charge in [-0.25, -0.2) is 13.4 Å². The molecule has 1 aromatic heterocycles. The third-order valence-electron chi connectivity index (χ3n) is 6.74. The predicted molar refractivity (Wildman–Crippen MR) is 129 cm³/mol.